The molecule has 0 atom stereocenters. The Balaban J connectivity index is 2.63. The number of nitrogens with zero attached hydrogens (tertiary/aromatic N) is 1. The van der Waals surface area contributed by atoms with Crippen molar-refractivity contribution in [2.24, 2.45) is 0 Å². The number of amides is 1. The van der Waals surface area contributed by atoms with Gasteiger partial charge in [0.1, 0.15) is 0 Å². The Morgan fingerprint density at radius 1 is 1.30 bits per heavy atom. The first kappa shape index (κ1) is 16.2. The number of methoxy groups -OCH3 is 1. The van der Waals surface area contributed by atoms with E-state index in [2.05, 4.69) is 0 Å². The maximum Gasteiger partial charge on any atom is 0.305 e. The zero-order chi connectivity index (χ0) is 15.0. The van der Waals surface area contributed by atoms with E-state index in [1.54, 1.807) is 12.0 Å². The summed E-state index contributed by atoms with van der Waals surface area (Å²) in [6, 6.07) is 7.67. The van der Waals surface area contributed by atoms with Crippen molar-refractivity contribution in [3.05, 3.63) is 35.4 Å². The number of ether oxygens (including phenoxy) is 1. The highest BCUT2D eigenvalue weighted by Gasteiger charge is 2.13. The minimum atomic E-state index is -0.890. The molecule has 1 N–H and O–H groups in total. The van der Waals surface area contributed by atoms with Crippen molar-refractivity contribution in [1.82, 2.24) is 4.90 Å². The fourth-order valence-corrected chi connectivity index (χ4v) is 1.97. The first-order chi connectivity index (χ1) is 9.56. The Hall–Kier alpha value is -1.88. The number of carboxylic acids is 1. The summed E-state index contributed by atoms with van der Waals surface area (Å²) in [4.78, 5) is 24.3. The molecule has 0 spiro atoms. The number of carbonyl (C=O) groups excluding carboxylic acids is 1. The maximum absolute atomic E-state index is 12.1. The van der Waals surface area contributed by atoms with Crippen LogP contribution in [0.2, 0.25) is 0 Å². The minimum absolute atomic E-state index is 0.0245. The molecule has 1 aromatic rings. The standard InChI is InChI=1S/C15H21NO4/c1-3-16(8-7-15(18)19)14(17)10-12-5-4-6-13(9-12)11-20-2/h4-6,9H,3,7-8,10-11H2,1-2H3,(H,18,19). The van der Waals surface area contributed by atoms with Gasteiger partial charge in [-0.1, -0.05) is 24.3 Å². The summed E-state index contributed by atoms with van der Waals surface area (Å²) < 4.78 is 5.06. The lowest BCUT2D eigenvalue weighted by Gasteiger charge is -2.20. The van der Waals surface area contributed by atoms with Crippen molar-refractivity contribution in [3.8, 4) is 0 Å². The van der Waals surface area contributed by atoms with Crippen LogP contribution in [0.1, 0.15) is 24.5 Å². The van der Waals surface area contributed by atoms with Gasteiger partial charge in [-0.25, -0.2) is 0 Å². The zero-order valence-electron chi connectivity index (χ0n) is 12.0. The molecule has 0 bridgehead atoms. The fourth-order valence-electron chi connectivity index (χ4n) is 1.97. The maximum atomic E-state index is 12.1. The lowest BCUT2D eigenvalue weighted by atomic mass is 10.1. The number of benzene rings is 1. The van der Waals surface area contributed by atoms with Crippen molar-refractivity contribution in [3.63, 3.8) is 0 Å². The van der Waals surface area contributed by atoms with Crippen LogP contribution in [0.4, 0.5) is 0 Å². The van der Waals surface area contributed by atoms with E-state index in [-0.39, 0.29) is 25.3 Å². The van der Waals surface area contributed by atoms with Crippen molar-refractivity contribution in [1.29, 1.82) is 0 Å². The third-order valence-electron chi connectivity index (χ3n) is 2.99. The molecule has 0 aliphatic rings. The first-order valence-corrected chi connectivity index (χ1v) is 6.63. The number of hydrogen-bond donors (Lipinski definition) is 1. The molecule has 5 heteroatoms. The average Bonchev–Trinajstić information content (AvgIpc) is 2.40. The molecule has 0 aliphatic carbocycles. The molecular formula is C15H21NO4. The van der Waals surface area contributed by atoms with Crippen molar-refractivity contribution in [2.75, 3.05) is 20.2 Å². The number of carboxylic acid groups (broad SMARTS) is 1. The average molecular weight is 279 g/mol. The lowest BCUT2D eigenvalue weighted by molar-refractivity contribution is -0.138. The van der Waals surface area contributed by atoms with Gasteiger partial charge in [-0.2, -0.15) is 0 Å². The first-order valence-electron chi connectivity index (χ1n) is 6.63. The van der Waals surface area contributed by atoms with E-state index >= 15 is 0 Å². The van der Waals surface area contributed by atoms with Gasteiger partial charge in [0, 0.05) is 20.2 Å². The van der Waals surface area contributed by atoms with Crippen LogP contribution in [0.15, 0.2) is 24.3 Å². The second-order valence-corrected chi connectivity index (χ2v) is 4.55. The lowest BCUT2D eigenvalue weighted by Crippen LogP contribution is -2.34. The van der Waals surface area contributed by atoms with Crippen molar-refractivity contribution in [2.45, 2.75) is 26.4 Å². The summed E-state index contributed by atoms with van der Waals surface area (Å²) in [5, 5.41) is 8.67. The third kappa shape index (κ3) is 5.40. The third-order valence-corrected chi connectivity index (χ3v) is 2.99. The molecule has 0 fully saturated rings. The molecule has 0 unspecified atom stereocenters. The predicted octanol–water partition coefficient (Wildman–Crippen LogP) is 1.70. The van der Waals surface area contributed by atoms with Crippen LogP contribution in [0.25, 0.3) is 0 Å². The summed E-state index contributed by atoms with van der Waals surface area (Å²) in [5.41, 5.74) is 1.93. The van der Waals surface area contributed by atoms with Crippen LogP contribution in [-0.4, -0.2) is 42.1 Å². The van der Waals surface area contributed by atoms with E-state index in [4.69, 9.17) is 9.84 Å². The van der Waals surface area contributed by atoms with Crippen molar-refractivity contribution < 1.29 is 19.4 Å². The van der Waals surface area contributed by atoms with Crippen LogP contribution in [0.3, 0.4) is 0 Å². The molecular weight excluding hydrogens is 258 g/mol. The van der Waals surface area contributed by atoms with E-state index < -0.39 is 5.97 Å². The smallest absolute Gasteiger partial charge is 0.305 e. The Morgan fingerprint density at radius 3 is 2.60 bits per heavy atom. The molecule has 0 aromatic heterocycles. The fraction of sp³-hybridized carbons (Fsp3) is 0.467. The van der Waals surface area contributed by atoms with Gasteiger partial charge >= 0.3 is 5.97 Å². The molecule has 20 heavy (non-hydrogen) atoms. The molecule has 0 aliphatic heterocycles. The summed E-state index contributed by atoms with van der Waals surface area (Å²) in [5.74, 6) is -0.943. The molecule has 0 radical (unpaired) electrons. The molecule has 0 saturated heterocycles. The molecule has 110 valence electrons. The van der Waals surface area contributed by atoms with Gasteiger partial charge in [0.05, 0.1) is 19.4 Å². The van der Waals surface area contributed by atoms with Gasteiger partial charge in [0.25, 0.3) is 0 Å². The summed E-state index contributed by atoms with van der Waals surface area (Å²) in [7, 11) is 1.63. The van der Waals surface area contributed by atoms with Crippen LogP contribution in [-0.2, 0) is 27.4 Å². The van der Waals surface area contributed by atoms with Gasteiger partial charge < -0.3 is 14.7 Å². The topological polar surface area (TPSA) is 66.8 Å². The molecule has 1 aromatic carbocycles. The summed E-state index contributed by atoms with van der Waals surface area (Å²) in [6.07, 6.45) is 0.258. The molecule has 0 saturated carbocycles. The predicted molar refractivity (Wildman–Crippen MR) is 75.4 cm³/mol. The van der Waals surface area contributed by atoms with Gasteiger partial charge in [-0.15, -0.1) is 0 Å². The molecule has 5 nitrogen and oxygen atoms in total. The molecule has 1 amide bonds. The van der Waals surface area contributed by atoms with Crippen LogP contribution in [0, 0.1) is 0 Å². The minimum Gasteiger partial charge on any atom is -0.481 e. The monoisotopic (exact) mass is 279 g/mol. The Labute approximate surface area is 119 Å². The van der Waals surface area contributed by atoms with E-state index in [0.717, 1.165) is 11.1 Å². The van der Waals surface area contributed by atoms with Crippen LogP contribution in [0.5, 0.6) is 0 Å². The molecule has 0 heterocycles. The van der Waals surface area contributed by atoms with Gasteiger partial charge in [0.15, 0.2) is 0 Å². The summed E-state index contributed by atoms with van der Waals surface area (Å²) >= 11 is 0. The van der Waals surface area contributed by atoms with Gasteiger partial charge in [-0.05, 0) is 18.1 Å². The van der Waals surface area contributed by atoms with E-state index in [0.29, 0.717) is 13.2 Å². The Kier molecular flexibility index (Phi) is 6.73. The Morgan fingerprint density at radius 2 is 2.00 bits per heavy atom. The number of hydrogen-bond acceptors (Lipinski definition) is 3. The normalized spacial score (nSPS) is 10.3. The molecule has 1 rings (SSSR count). The van der Waals surface area contributed by atoms with E-state index in [1.807, 2.05) is 31.2 Å². The highest BCUT2D eigenvalue weighted by molar-refractivity contribution is 5.79. The van der Waals surface area contributed by atoms with E-state index in [9.17, 15) is 9.59 Å². The largest absolute Gasteiger partial charge is 0.481 e. The van der Waals surface area contributed by atoms with Gasteiger partial charge in [-0.3, -0.25) is 9.59 Å². The van der Waals surface area contributed by atoms with Crippen LogP contribution >= 0.6 is 0 Å². The number of likely N-dealkylation sites (N-methyl/N-ethyl adjacent to an activating group) is 1. The second kappa shape index (κ2) is 8.32. The number of rotatable bonds is 8. The van der Waals surface area contributed by atoms with E-state index in [1.165, 1.54) is 0 Å². The SMILES string of the molecule is CCN(CCC(=O)O)C(=O)Cc1cccc(COC)c1. The quantitative estimate of drug-likeness (QED) is 0.786. The Bertz CT molecular complexity index is 459. The highest BCUT2D eigenvalue weighted by atomic mass is 16.5. The number of aliphatic carboxylic acids is 1. The number of carbonyl (C=O) groups is 2. The zero-order valence-corrected chi connectivity index (χ0v) is 12.0. The van der Waals surface area contributed by atoms with Crippen LogP contribution < -0.4 is 0 Å². The second-order valence-electron chi connectivity index (χ2n) is 4.55. The van der Waals surface area contributed by atoms with Gasteiger partial charge in [0.2, 0.25) is 5.91 Å². The highest BCUT2D eigenvalue weighted by Crippen LogP contribution is 2.09. The summed E-state index contributed by atoms with van der Waals surface area (Å²) in [6.45, 7) is 3.13. The van der Waals surface area contributed by atoms with Crippen molar-refractivity contribution >= 4 is 11.9 Å².